The first-order valence-electron chi connectivity index (χ1n) is 5.48. The molecule has 1 saturated carbocycles. The Kier molecular flexibility index (Phi) is 5.10. The number of nitrogens with one attached hydrogen (secondary N) is 2. The number of hydrogen-bond donors (Lipinski definition) is 3. The Morgan fingerprint density at radius 1 is 1.20 bits per heavy atom. The number of nitrogens with two attached hydrogens (primary N) is 1. The topological polar surface area (TPSA) is 84.2 Å². The number of rotatable bonds is 7. The number of hydrogen-bond acceptors (Lipinski definition) is 3. The lowest BCUT2D eigenvalue weighted by Crippen LogP contribution is -2.29. The molecule has 0 unspecified atom stereocenters. The lowest BCUT2D eigenvalue weighted by Gasteiger charge is -2.04. The van der Waals surface area contributed by atoms with Gasteiger partial charge >= 0.3 is 0 Å². The lowest BCUT2D eigenvalue weighted by molar-refractivity contribution is -0.122. The van der Waals surface area contributed by atoms with Gasteiger partial charge in [-0.2, -0.15) is 0 Å². The van der Waals surface area contributed by atoms with Crippen molar-refractivity contribution >= 4 is 11.8 Å². The van der Waals surface area contributed by atoms with Crippen molar-refractivity contribution < 1.29 is 9.59 Å². The van der Waals surface area contributed by atoms with Gasteiger partial charge in [0.2, 0.25) is 11.8 Å². The highest BCUT2D eigenvalue weighted by molar-refractivity contribution is 5.77. The average Bonchev–Trinajstić information content (AvgIpc) is 2.97. The van der Waals surface area contributed by atoms with Gasteiger partial charge in [-0.1, -0.05) is 0 Å². The van der Waals surface area contributed by atoms with E-state index in [0.717, 1.165) is 12.8 Å². The van der Waals surface area contributed by atoms with Crippen molar-refractivity contribution in [3.63, 3.8) is 0 Å². The van der Waals surface area contributed by atoms with Gasteiger partial charge in [0.15, 0.2) is 0 Å². The maximum atomic E-state index is 11.2. The Bertz CT molecular complexity index is 227. The molecule has 5 heteroatoms. The summed E-state index contributed by atoms with van der Waals surface area (Å²) in [6, 6.07) is 0.421. The van der Waals surface area contributed by atoms with Gasteiger partial charge in [-0.15, -0.1) is 0 Å². The standard InChI is InChI=1S/C10H19N3O2/c11-6-5-9(14)12-7-1-2-10(15)13-8-3-4-8/h8H,1-7,11H2,(H,12,14)(H,13,15). The molecular weight excluding hydrogens is 194 g/mol. The minimum Gasteiger partial charge on any atom is -0.356 e. The van der Waals surface area contributed by atoms with Crippen molar-refractivity contribution in [2.75, 3.05) is 13.1 Å². The van der Waals surface area contributed by atoms with Crippen LogP contribution in [0.3, 0.4) is 0 Å². The zero-order valence-electron chi connectivity index (χ0n) is 8.92. The van der Waals surface area contributed by atoms with Crippen molar-refractivity contribution in [1.82, 2.24) is 10.6 Å². The maximum absolute atomic E-state index is 11.2. The van der Waals surface area contributed by atoms with Crippen LogP contribution in [0.1, 0.15) is 32.1 Å². The molecule has 1 rings (SSSR count). The molecule has 15 heavy (non-hydrogen) atoms. The van der Waals surface area contributed by atoms with Crippen molar-refractivity contribution in [3.05, 3.63) is 0 Å². The fourth-order valence-corrected chi connectivity index (χ4v) is 1.22. The molecule has 0 aliphatic heterocycles. The molecule has 2 amide bonds. The van der Waals surface area contributed by atoms with Crippen LogP contribution in [0.4, 0.5) is 0 Å². The summed E-state index contributed by atoms with van der Waals surface area (Å²) >= 11 is 0. The number of amides is 2. The maximum Gasteiger partial charge on any atom is 0.221 e. The molecule has 5 nitrogen and oxygen atoms in total. The Balaban J connectivity index is 1.91. The minimum atomic E-state index is -0.0416. The summed E-state index contributed by atoms with van der Waals surface area (Å²) in [5.74, 6) is 0.0469. The Hall–Kier alpha value is -1.10. The van der Waals surface area contributed by atoms with Crippen molar-refractivity contribution in [2.45, 2.75) is 38.1 Å². The third kappa shape index (κ3) is 6.06. The van der Waals surface area contributed by atoms with Crippen LogP contribution in [0, 0.1) is 0 Å². The SMILES string of the molecule is NCCC(=O)NCCCC(=O)NC1CC1. The van der Waals surface area contributed by atoms with Gasteiger partial charge in [-0.05, 0) is 19.3 Å². The van der Waals surface area contributed by atoms with Gasteiger partial charge in [0, 0.05) is 32.0 Å². The second-order valence-electron chi connectivity index (χ2n) is 3.83. The molecule has 0 spiro atoms. The molecule has 4 N–H and O–H groups in total. The van der Waals surface area contributed by atoms with Gasteiger partial charge in [0.1, 0.15) is 0 Å². The predicted molar refractivity (Wildman–Crippen MR) is 57.1 cm³/mol. The fourth-order valence-electron chi connectivity index (χ4n) is 1.22. The van der Waals surface area contributed by atoms with Crippen molar-refractivity contribution in [2.24, 2.45) is 5.73 Å². The van der Waals surface area contributed by atoms with E-state index in [-0.39, 0.29) is 11.8 Å². The summed E-state index contributed by atoms with van der Waals surface area (Å²) in [5, 5.41) is 5.60. The predicted octanol–water partition coefficient (Wildman–Crippen LogP) is -0.490. The van der Waals surface area contributed by atoms with E-state index < -0.39 is 0 Å². The first-order valence-corrected chi connectivity index (χ1v) is 5.48. The van der Waals surface area contributed by atoms with Gasteiger partial charge < -0.3 is 16.4 Å². The van der Waals surface area contributed by atoms with Crippen molar-refractivity contribution in [3.8, 4) is 0 Å². The molecule has 0 radical (unpaired) electrons. The van der Waals surface area contributed by atoms with Gasteiger partial charge in [-0.25, -0.2) is 0 Å². The van der Waals surface area contributed by atoms with Crippen LogP contribution in [-0.2, 0) is 9.59 Å². The molecule has 1 aliphatic carbocycles. The molecule has 0 aromatic carbocycles. The highest BCUT2D eigenvalue weighted by atomic mass is 16.2. The summed E-state index contributed by atoms with van der Waals surface area (Å²) in [6.45, 7) is 0.922. The molecule has 0 atom stereocenters. The summed E-state index contributed by atoms with van der Waals surface area (Å²) in [7, 11) is 0. The summed E-state index contributed by atoms with van der Waals surface area (Å²) < 4.78 is 0. The van der Waals surface area contributed by atoms with Gasteiger partial charge in [-0.3, -0.25) is 9.59 Å². The highest BCUT2D eigenvalue weighted by Gasteiger charge is 2.22. The lowest BCUT2D eigenvalue weighted by atomic mass is 10.3. The fraction of sp³-hybridized carbons (Fsp3) is 0.800. The molecule has 0 aromatic heterocycles. The van der Waals surface area contributed by atoms with Crippen LogP contribution in [0.2, 0.25) is 0 Å². The largest absolute Gasteiger partial charge is 0.356 e. The Morgan fingerprint density at radius 2 is 1.93 bits per heavy atom. The minimum absolute atomic E-state index is 0.0416. The third-order valence-electron chi connectivity index (χ3n) is 2.22. The molecule has 0 saturated heterocycles. The van der Waals surface area contributed by atoms with E-state index in [1.165, 1.54) is 0 Å². The van der Waals surface area contributed by atoms with Crippen LogP contribution in [0.5, 0.6) is 0 Å². The number of carbonyl (C=O) groups excluding carboxylic acids is 2. The highest BCUT2D eigenvalue weighted by Crippen LogP contribution is 2.18. The molecule has 1 aliphatic rings. The van der Waals surface area contributed by atoms with E-state index in [1.54, 1.807) is 0 Å². The molecule has 86 valence electrons. The first-order chi connectivity index (χ1) is 7.22. The Morgan fingerprint density at radius 3 is 2.53 bits per heavy atom. The zero-order valence-corrected chi connectivity index (χ0v) is 8.92. The van der Waals surface area contributed by atoms with Crippen LogP contribution >= 0.6 is 0 Å². The van der Waals surface area contributed by atoms with E-state index >= 15 is 0 Å². The van der Waals surface area contributed by atoms with Crippen LogP contribution in [0.15, 0.2) is 0 Å². The molecule has 1 fully saturated rings. The zero-order chi connectivity index (χ0) is 11.1. The van der Waals surface area contributed by atoms with Gasteiger partial charge in [0.25, 0.3) is 0 Å². The van der Waals surface area contributed by atoms with Crippen LogP contribution < -0.4 is 16.4 Å². The average molecular weight is 213 g/mol. The normalized spacial score (nSPS) is 14.7. The molecule has 0 bridgehead atoms. The van der Waals surface area contributed by atoms with E-state index in [2.05, 4.69) is 10.6 Å². The number of carbonyl (C=O) groups is 2. The van der Waals surface area contributed by atoms with Gasteiger partial charge in [0.05, 0.1) is 0 Å². The van der Waals surface area contributed by atoms with E-state index in [0.29, 0.717) is 38.4 Å². The smallest absolute Gasteiger partial charge is 0.221 e. The summed E-state index contributed by atoms with van der Waals surface area (Å²) in [5.41, 5.74) is 5.22. The third-order valence-corrected chi connectivity index (χ3v) is 2.22. The molecule has 0 heterocycles. The monoisotopic (exact) mass is 213 g/mol. The van der Waals surface area contributed by atoms with E-state index in [1.807, 2.05) is 0 Å². The quantitative estimate of drug-likeness (QED) is 0.499. The Labute approximate surface area is 89.8 Å². The second kappa shape index (κ2) is 6.40. The summed E-state index contributed by atoms with van der Waals surface area (Å²) in [6.07, 6.45) is 3.75. The van der Waals surface area contributed by atoms with Crippen molar-refractivity contribution in [1.29, 1.82) is 0 Å². The second-order valence-corrected chi connectivity index (χ2v) is 3.83. The molecular formula is C10H19N3O2. The van der Waals surface area contributed by atoms with Crippen LogP contribution in [-0.4, -0.2) is 30.9 Å². The van der Waals surface area contributed by atoms with Crippen LogP contribution in [0.25, 0.3) is 0 Å². The van der Waals surface area contributed by atoms with E-state index in [9.17, 15) is 9.59 Å². The van der Waals surface area contributed by atoms with E-state index in [4.69, 9.17) is 5.73 Å². The molecule has 0 aromatic rings. The summed E-state index contributed by atoms with van der Waals surface area (Å²) in [4.78, 5) is 22.2. The first kappa shape index (κ1) is 12.0.